The van der Waals surface area contributed by atoms with Crippen LogP contribution >= 0.6 is 50.5 Å². The van der Waals surface area contributed by atoms with Crippen LogP contribution in [-0.4, -0.2) is 4.98 Å². The molecule has 2 rings (SSSR count). The smallest absolute Gasteiger partial charge is 0.147 e. The summed E-state index contributed by atoms with van der Waals surface area (Å²) in [5.41, 5.74) is 0.804. The predicted octanol–water partition coefficient (Wildman–Crippen LogP) is 5.58. The number of aromatic nitrogens is 1. The summed E-state index contributed by atoms with van der Waals surface area (Å²) in [6, 6.07) is 2.71. The van der Waals surface area contributed by atoms with Gasteiger partial charge >= 0.3 is 0 Å². The Bertz CT molecular complexity index is 593. The number of ether oxygens (including phenoxy) is 1. The van der Waals surface area contributed by atoms with Crippen LogP contribution in [0.4, 0.5) is 4.39 Å². The van der Waals surface area contributed by atoms with Gasteiger partial charge < -0.3 is 4.74 Å². The lowest BCUT2D eigenvalue weighted by atomic mass is 10.3. The van der Waals surface area contributed by atoms with Crippen LogP contribution in [-0.2, 0) is 5.88 Å². The third-order valence-electron chi connectivity index (χ3n) is 2.33. The minimum atomic E-state index is -0.521. The third kappa shape index (κ3) is 3.60. The molecule has 0 aliphatic rings. The van der Waals surface area contributed by atoms with Crippen LogP contribution in [0.15, 0.2) is 22.0 Å². The van der Waals surface area contributed by atoms with Crippen LogP contribution in [0.1, 0.15) is 23.7 Å². The van der Waals surface area contributed by atoms with Gasteiger partial charge in [-0.3, -0.25) is 0 Å². The average Bonchev–Trinajstić information content (AvgIpc) is 2.84. The third-order valence-corrected chi connectivity index (χ3v) is 4.57. The Morgan fingerprint density at radius 3 is 2.89 bits per heavy atom. The number of halogens is 4. The van der Waals surface area contributed by atoms with Gasteiger partial charge in [0.25, 0.3) is 0 Å². The maximum absolute atomic E-state index is 13.4. The average molecular weight is 385 g/mol. The largest absolute Gasteiger partial charge is 0.482 e. The number of benzene rings is 1. The first-order chi connectivity index (χ1) is 9.01. The van der Waals surface area contributed by atoms with Crippen molar-refractivity contribution in [1.82, 2.24) is 4.98 Å². The van der Waals surface area contributed by atoms with Crippen molar-refractivity contribution in [3.63, 3.8) is 0 Å². The summed E-state index contributed by atoms with van der Waals surface area (Å²) in [4.78, 5) is 4.32. The Labute approximate surface area is 132 Å². The van der Waals surface area contributed by atoms with Gasteiger partial charge in [0.2, 0.25) is 0 Å². The van der Waals surface area contributed by atoms with E-state index in [1.165, 1.54) is 23.5 Å². The molecule has 0 spiro atoms. The van der Waals surface area contributed by atoms with Crippen LogP contribution in [0.2, 0.25) is 5.02 Å². The molecule has 0 bridgehead atoms. The van der Waals surface area contributed by atoms with Gasteiger partial charge in [-0.1, -0.05) is 11.6 Å². The molecule has 0 N–H and O–H groups in total. The minimum Gasteiger partial charge on any atom is -0.482 e. The number of rotatable bonds is 4. The van der Waals surface area contributed by atoms with Crippen LogP contribution in [0.3, 0.4) is 0 Å². The monoisotopic (exact) mass is 383 g/mol. The molecule has 0 saturated heterocycles. The lowest BCUT2D eigenvalue weighted by Crippen LogP contribution is -2.03. The van der Waals surface area contributed by atoms with E-state index >= 15 is 0 Å². The zero-order chi connectivity index (χ0) is 14.0. The normalized spacial score (nSPS) is 12.5. The molecule has 1 aromatic heterocycles. The standard InChI is InChI=1S/C12H9BrCl2FNOS/c1-6(12-17-7(4-14)5-19-12)18-11-3-10(16)9(15)2-8(11)13/h2-3,5-6H,4H2,1H3. The summed E-state index contributed by atoms with van der Waals surface area (Å²) >= 11 is 16.1. The van der Waals surface area contributed by atoms with Crippen molar-refractivity contribution in [2.75, 3.05) is 0 Å². The van der Waals surface area contributed by atoms with E-state index in [-0.39, 0.29) is 11.1 Å². The van der Waals surface area contributed by atoms with Crippen molar-refractivity contribution >= 4 is 50.5 Å². The number of hydrogen-bond acceptors (Lipinski definition) is 3. The molecule has 7 heteroatoms. The Morgan fingerprint density at radius 2 is 2.26 bits per heavy atom. The summed E-state index contributed by atoms with van der Waals surface area (Å²) in [7, 11) is 0. The van der Waals surface area contributed by atoms with Gasteiger partial charge in [0.1, 0.15) is 22.7 Å². The maximum atomic E-state index is 13.4. The molecule has 19 heavy (non-hydrogen) atoms. The summed E-state index contributed by atoms with van der Waals surface area (Å²) in [6.45, 7) is 1.84. The molecule has 2 nitrogen and oxygen atoms in total. The first kappa shape index (κ1) is 15.0. The van der Waals surface area contributed by atoms with Crippen molar-refractivity contribution in [3.05, 3.63) is 43.5 Å². The number of hydrogen-bond donors (Lipinski definition) is 0. The number of nitrogens with zero attached hydrogens (tertiary/aromatic N) is 1. The molecule has 0 aliphatic heterocycles. The van der Waals surface area contributed by atoms with Gasteiger partial charge in [-0.05, 0) is 28.9 Å². The molecule has 1 atom stereocenters. The van der Waals surface area contributed by atoms with Gasteiger partial charge in [0.05, 0.1) is 21.1 Å². The highest BCUT2D eigenvalue weighted by Gasteiger charge is 2.15. The molecular weight excluding hydrogens is 376 g/mol. The molecular formula is C12H9BrCl2FNOS. The van der Waals surface area contributed by atoms with Crippen LogP contribution in [0, 0.1) is 5.82 Å². The molecule has 2 aromatic rings. The second-order valence-corrected chi connectivity index (χ2v) is 6.19. The molecule has 1 heterocycles. The molecule has 102 valence electrons. The fraction of sp³-hybridized carbons (Fsp3) is 0.250. The highest BCUT2D eigenvalue weighted by molar-refractivity contribution is 9.10. The van der Waals surface area contributed by atoms with Crippen LogP contribution in [0.5, 0.6) is 5.75 Å². The van der Waals surface area contributed by atoms with E-state index in [2.05, 4.69) is 20.9 Å². The Kier molecular flexibility index (Phi) is 5.06. The minimum absolute atomic E-state index is 0.0468. The van der Waals surface area contributed by atoms with Crippen molar-refractivity contribution in [2.45, 2.75) is 18.9 Å². The first-order valence-electron chi connectivity index (χ1n) is 5.32. The molecule has 1 aromatic carbocycles. The molecule has 0 amide bonds. The highest BCUT2D eigenvalue weighted by atomic mass is 79.9. The SMILES string of the molecule is CC(Oc1cc(F)c(Cl)cc1Br)c1nc(CCl)cs1. The fourth-order valence-corrected chi connectivity index (χ4v) is 3.17. The van der Waals surface area contributed by atoms with Gasteiger partial charge in [0, 0.05) is 11.4 Å². The van der Waals surface area contributed by atoms with Crippen molar-refractivity contribution < 1.29 is 9.13 Å². The van der Waals surface area contributed by atoms with Gasteiger partial charge in [-0.2, -0.15) is 0 Å². The molecule has 1 unspecified atom stereocenters. The lowest BCUT2D eigenvalue weighted by Gasteiger charge is -2.14. The van der Waals surface area contributed by atoms with E-state index in [1.807, 2.05) is 12.3 Å². The summed E-state index contributed by atoms with van der Waals surface area (Å²) in [6.07, 6.45) is -0.293. The highest BCUT2D eigenvalue weighted by Crippen LogP contribution is 2.34. The topological polar surface area (TPSA) is 22.1 Å². The van der Waals surface area contributed by atoms with Gasteiger partial charge in [-0.15, -0.1) is 22.9 Å². The Balaban J connectivity index is 2.18. The molecule has 0 saturated carbocycles. The Hall–Kier alpha value is -0.360. The second-order valence-electron chi connectivity index (χ2n) is 3.77. The quantitative estimate of drug-likeness (QED) is 0.507. The van der Waals surface area contributed by atoms with E-state index < -0.39 is 5.82 Å². The van der Waals surface area contributed by atoms with E-state index in [0.717, 1.165) is 10.7 Å². The van der Waals surface area contributed by atoms with Crippen molar-refractivity contribution in [1.29, 1.82) is 0 Å². The molecule has 0 aliphatic carbocycles. The van der Waals surface area contributed by atoms with Gasteiger partial charge in [-0.25, -0.2) is 9.37 Å². The lowest BCUT2D eigenvalue weighted by molar-refractivity contribution is 0.223. The number of thiazole rings is 1. The molecule has 0 fully saturated rings. The van der Waals surface area contributed by atoms with Crippen LogP contribution < -0.4 is 4.74 Å². The van der Waals surface area contributed by atoms with E-state index in [0.29, 0.717) is 16.1 Å². The van der Waals surface area contributed by atoms with Crippen molar-refractivity contribution in [3.8, 4) is 5.75 Å². The zero-order valence-corrected chi connectivity index (χ0v) is 13.7. The predicted molar refractivity (Wildman–Crippen MR) is 79.8 cm³/mol. The van der Waals surface area contributed by atoms with E-state index in [4.69, 9.17) is 27.9 Å². The summed E-state index contributed by atoms with van der Waals surface area (Å²) < 4.78 is 19.7. The van der Waals surface area contributed by atoms with Crippen molar-refractivity contribution in [2.24, 2.45) is 0 Å². The van der Waals surface area contributed by atoms with Crippen LogP contribution in [0.25, 0.3) is 0 Å². The summed E-state index contributed by atoms with van der Waals surface area (Å²) in [5.74, 6) is 0.229. The molecule has 0 radical (unpaired) electrons. The summed E-state index contributed by atoms with van der Waals surface area (Å²) in [5, 5.41) is 2.71. The fourth-order valence-electron chi connectivity index (χ4n) is 1.41. The Morgan fingerprint density at radius 1 is 1.53 bits per heavy atom. The second kappa shape index (κ2) is 6.39. The van der Waals surface area contributed by atoms with E-state index in [1.54, 1.807) is 0 Å². The zero-order valence-electron chi connectivity index (χ0n) is 9.79. The number of alkyl halides is 1. The maximum Gasteiger partial charge on any atom is 0.147 e. The first-order valence-corrected chi connectivity index (χ1v) is 7.91. The van der Waals surface area contributed by atoms with E-state index in [9.17, 15) is 4.39 Å². The van der Waals surface area contributed by atoms with Gasteiger partial charge in [0.15, 0.2) is 0 Å².